The summed E-state index contributed by atoms with van der Waals surface area (Å²) in [6, 6.07) is 24.1. The Kier molecular flexibility index (Phi) is 8.41. The Morgan fingerprint density at radius 1 is 0.865 bits per heavy atom. The van der Waals surface area contributed by atoms with Crippen molar-refractivity contribution in [2.75, 3.05) is 6.61 Å². The highest BCUT2D eigenvalue weighted by atomic mass is 32.1. The van der Waals surface area contributed by atoms with E-state index in [9.17, 15) is 4.39 Å². The monoisotopic (exact) mass is 512 g/mol. The number of hydrogen-bond donors (Lipinski definition) is 0. The molecule has 1 fully saturated rings. The van der Waals surface area contributed by atoms with Crippen LogP contribution in [0.2, 0.25) is 0 Å². The molecule has 0 bridgehead atoms. The molecule has 192 valence electrons. The Bertz CT molecular complexity index is 1330. The van der Waals surface area contributed by atoms with Gasteiger partial charge in [0.25, 0.3) is 0 Å². The molecular formula is C34H37FOS. The number of thiophene rings is 1. The van der Waals surface area contributed by atoms with Gasteiger partial charge in [0, 0.05) is 4.88 Å². The number of rotatable bonds is 9. The van der Waals surface area contributed by atoms with Gasteiger partial charge >= 0.3 is 0 Å². The van der Waals surface area contributed by atoms with Gasteiger partial charge in [-0.15, -0.1) is 11.3 Å². The van der Waals surface area contributed by atoms with E-state index >= 15 is 0 Å². The molecule has 1 aliphatic carbocycles. The minimum atomic E-state index is -0.226. The summed E-state index contributed by atoms with van der Waals surface area (Å²) in [4.78, 5) is 1.11. The molecule has 3 aromatic carbocycles. The predicted molar refractivity (Wildman–Crippen MR) is 157 cm³/mol. The zero-order valence-electron chi connectivity index (χ0n) is 22.0. The molecule has 0 saturated heterocycles. The van der Waals surface area contributed by atoms with E-state index in [1.54, 1.807) is 6.07 Å². The van der Waals surface area contributed by atoms with E-state index in [4.69, 9.17) is 4.74 Å². The van der Waals surface area contributed by atoms with E-state index in [0.717, 1.165) is 23.1 Å². The molecule has 0 radical (unpaired) electrons. The van der Waals surface area contributed by atoms with E-state index in [1.807, 2.05) is 13.0 Å². The lowest BCUT2D eigenvalue weighted by atomic mass is 9.78. The molecule has 3 heteroatoms. The summed E-state index contributed by atoms with van der Waals surface area (Å²) in [5.74, 6) is 1.37. The number of ether oxygens (including phenoxy) is 1. The molecule has 37 heavy (non-hydrogen) atoms. The van der Waals surface area contributed by atoms with Crippen LogP contribution in [0.15, 0.2) is 72.8 Å². The third-order valence-corrected chi connectivity index (χ3v) is 8.69. The molecule has 0 aliphatic heterocycles. The first kappa shape index (κ1) is 25.7. The Morgan fingerprint density at radius 3 is 2.24 bits per heavy atom. The molecule has 0 N–H and O–H groups in total. The Labute approximate surface area is 225 Å². The molecule has 0 spiro atoms. The SMILES string of the molecule is CCCOc1ccc2cc(/C=C/C3CCC(c4ccc(-c5ccc(CCC)cc5)cc4)CC3)sc2c1F. The fraction of sp³-hybridized carbons (Fsp3) is 0.353. The van der Waals surface area contributed by atoms with Crippen LogP contribution >= 0.6 is 11.3 Å². The average molecular weight is 513 g/mol. The molecule has 0 amide bonds. The van der Waals surface area contributed by atoms with Crippen LogP contribution < -0.4 is 4.74 Å². The number of benzene rings is 3. The Hall–Kier alpha value is -2.91. The number of fused-ring (bicyclic) bond motifs is 1. The van der Waals surface area contributed by atoms with Gasteiger partial charge in [0.2, 0.25) is 0 Å². The first-order chi connectivity index (χ1) is 18.1. The normalized spacial score (nSPS) is 18.0. The van der Waals surface area contributed by atoms with Gasteiger partial charge < -0.3 is 4.74 Å². The van der Waals surface area contributed by atoms with Crippen molar-refractivity contribution in [1.82, 2.24) is 0 Å². The molecule has 0 atom stereocenters. The van der Waals surface area contributed by atoms with Crippen molar-refractivity contribution in [1.29, 1.82) is 0 Å². The Balaban J connectivity index is 1.17. The highest BCUT2D eigenvalue weighted by molar-refractivity contribution is 7.19. The third kappa shape index (κ3) is 6.15. The van der Waals surface area contributed by atoms with Crippen LogP contribution in [0.3, 0.4) is 0 Å². The molecule has 5 rings (SSSR count). The van der Waals surface area contributed by atoms with Crippen LogP contribution in [0.1, 0.15) is 74.3 Å². The van der Waals surface area contributed by atoms with E-state index in [2.05, 4.69) is 73.7 Å². The summed E-state index contributed by atoms with van der Waals surface area (Å²) in [5, 5.41) is 0.954. The van der Waals surface area contributed by atoms with E-state index in [0.29, 0.717) is 28.9 Å². The summed E-state index contributed by atoms with van der Waals surface area (Å²) in [7, 11) is 0. The van der Waals surface area contributed by atoms with Gasteiger partial charge in [0.05, 0.1) is 11.3 Å². The zero-order valence-corrected chi connectivity index (χ0v) is 22.8. The molecule has 1 saturated carbocycles. The molecular weight excluding hydrogens is 475 g/mol. The fourth-order valence-electron chi connectivity index (χ4n) is 5.45. The minimum absolute atomic E-state index is 0.226. The number of halogens is 1. The quantitative estimate of drug-likeness (QED) is 0.217. The van der Waals surface area contributed by atoms with Gasteiger partial charge in [-0.05, 0) is 102 Å². The van der Waals surface area contributed by atoms with Crippen LogP contribution in [0.25, 0.3) is 27.3 Å². The standard InChI is InChI=1S/C34H37FOS/c1-3-5-24-6-11-26(12-7-24)28-15-17-29(18-16-28)27-13-8-25(9-14-27)10-20-31-23-30-19-21-32(36-22-4-2)33(35)34(30)37-31/h6-7,10-12,15-21,23,25,27H,3-5,8-9,13-14,22H2,1-2H3/b20-10+. The van der Waals surface area contributed by atoms with Gasteiger partial charge in [0.1, 0.15) is 0 Å². The Morgan fingerprint density at radius 2 is 1.57 bits per heavy atom. The van der Waals surface area contributed by atoms with E-state index in [1.165, 1.54) is 65.7 Å². The maximum Gasteiger partial charge on any atom is 0.182 e. The van der Waals surface area contributed by atoms with Gasteiger partial charge in [-0.2, -0.15) is 0 Å². The second kappa shape index (κ2) is 12.1. The third-order valence-electron chi connectivity index (χ3n) is 7.58. The fourth-order valence-corrected chi connectivity index (χ4v) is 6.46. The first-order valence-corrected chi connectivity index (χ1v) is 14.7. The number of aryl methyl sites for hydroxylation is 1. The molecule has 1 nitrogen and oxygen atoms in total. The topological polar surface area (TPSA) is 9.23 Å². The van der Waals surface area contributed by atoms with Crippen LogP contribution in [0.4, 0.5) is 4.39 Å². The lowest BCUT2D eigenvalue weighted by molar-refractivity contribution is 0.303. The molecule has 1 aliphatic rings. The van der Waals surface area contributed by atoms with Gasteiger partial charge in [-0.25, -0.2) is 4.39 Å². The van der Waals surface area contributed by atoms with E-state index in [-0.39, 0.29) is 5.82 Å². The lowest BCUT2D eigenvalue weighted by Crippen LogP contribution is -2.11. The number of allylic oxidation sites excluding steroid dienone is 1. The van der Waals surface area contributed by atoms with Crippen molar-refractivity contribution in [3.05, 3.63) is 94.6 Å². The average Bonchev–Trinajstić information content (AvgIpc) is 3.37. The predicted octanol–water partition coefficient (Wildman–Crippen LogP) is 10.4. The lowest BCUT2D eigenvalue weighted by Gasteiger charge is -2.27. The first-order valence-electron chi connectivity index (χ1n) is 13.9. The summed E-state index contributed by atoms with van der Waals surface area (Å²) >= 11 is 1.52. The maximum atomic E-state index is 14.8. The molecule has 0 unspecified atom stereocenters. The zero-order chi connectivity index (χ0) is 25.6. The van der Waals surface area contributed by atoms with Crippen molar-refractivity contribution in [2.45, 2.75) is 64.7 Å². The largest absolute Gasteiger partial charge is 0.490 e. The van der Waals surface area contributed by atoms with Crippen molar-refractivity contribution < 1.29 is 9.13 Å². The van der Waals surface area contributed by atoms with Crippen LogP contribution in [-0.2, 0) is 6.42 Å². The second-order valence-electron chi connectivity index (χ2n) is 10.3. The van der Waals surface area contributed by atoms with Crippen molar-refractivity contribution >= 4 is 27.5 Å². The van der Waals surface area contributed by atoms with Crippen molar-refractivity contribution in [2.24, 2.45) is 5.92 Å². The second-order valence-corrected chi connectivity index (χ2v) is 11.4. The van der Waals surface area contributed by atoms with E-state index < -0.39 is 0 Å². The van der Waals surface area contributed by atoms with Gasteiger partial charge in [-0.3, -0.25) is 0 Å². The highest BCUT2D eigenvalue weighted by Gasteiger charge is 2.21. The van der Waals surface area contributed by atoms with Crippen molar-refractivity contribution in [3.8, 4) is 16.9 Å². The van der Waals surface area contributed by atoms with Crippen LogP contribution in [-0.4, -0.2) is 6.61 Å². The minimum Gasteiger partial charge on any atom is -0.490 e. The summed E-state index contributed by atoms with van der Waals surface area (Å²) < 4.78 is 21.1. The smallest absolute Gasteiger partial charge is 0.182 e. The highest BCUT2D eigenvalue weighted by Crippen LogP contribution is 2.38. The summed E-state index contributed by atoms with van der Waals surface area (Å²) in [5.41, 5.74) is 5.48. The molecule has 1 aromatic heterocycles. The molecule has 1 heterocycles. The van der Waals surface area contributed by atoms with Gasteiger partial charge in [0.15, 0.2) is 11.6 Å². The van der Waals surface area contributed by atoms with Crippen LogP contribution in [0.5, 0.6) is 5.75 Å². The summed E-state index contributed by atoms with van der Waals surface area (Å²) in [6.45, 7) is 4.80. The van der Waals surface area contributed by atoms with Gasteiger partial charge in [-0.1, -0.05) is 74.9 Å². The molecule has 4 aromatic rings. The maximum absolute atomic E-state index is 14.8. The van der Waals surface area contributed by atoms with Crippen molar-refractivity contribution in [3.63, 3.8) is 0 Å². The summed E-state index contributed by atoms with van der Waals surface area (Å²) in [6.07, 6.45) is 12.6. The number of hydrogen-bond acceptors (Lipinski definition) is 2. The van der Waals surface area contributed by atoms with Crippen LogP contribution in [0, 0.1) is 11.7 Å².